The van der Waals surface area contributed by atoms with Gasteiger partial charge in [-0.05, 0) is 60.8 Å². The molecular formula is C30H38ClFN8O2Si. The minimum Gasteiger partial charge on any atom is -0.417 e. The largest absolute Gasteiger partial charge is 0.417 e. The molecule has 1 amide bonds. The lowest BCUT2D eigenvalue weighted by Crippen LogP contribution is -2.42. The van der Waals surface area contributed by atoms with Gasteiger partial charge in [0, 0.05) is 48.5 Å². The average molecular weight is 625 g/mol. The molecule has 0 radical (unpaired) electrons. The third-order valence-corrected chi connectivity index (χ3v) is 12.4. The van der Waals surface area contributed by atoms with E-state index in [0.29, 0.717) is 47.5 Å². The topological polar surface area (TPSA) is 119 Å². The first kappa shape index (κ1) is 32.0. The van der Waals surface area contributed by atoms with Crippen LogP contribution in [-0.4, -0.2) is 45.6 Å². The number of rotatable bonds is 12. The van der Waals surface area contributed by atoms with Crippen LogP contribution in [0.5, 0.6) is 0 Å². The maximum atomic E-state index is 14.6. The normalized spacial score (nSPS) is 12.6. The summed E-state index contributed by atoms with van der Waals surface area (Å²) in [5.41, 5.74) is 7.41. The Kier molecular flexibility index (Phi) is 10.1. The lowest BCUT2D eigenvalue weighted by molar-refractivity contribution is -0.124. The fourth-order valence-electron chi connectivity index (χ4n) is 4.03. The van der Waals surface area contributed by atoms with Crippen molar-refractivity contribution in [2.45, 2.75) is 51.7 Å². The monoisotopic (exact) mass is 624 g/mol. The van der Waals surface area contributed by atoms with Crippen molar-refractivity contribution in [2.75, 3.05) is 17.3 Å². The zero-order valence-corrected chi connectivity index (χ0v) is 27.0. The van der Waals surface area contributed by atoms with Crippen LogP contribution < -0.4 is 16.2 Å². The van der Waals surface area contributed by atoms with E-state index in [1.807, 2.05) is 12.1 Å². The predicted octanol–water partition coefficient (Wildman–Crippen LogP) is 6.52. The van der Waals surface area contributed by atoms with Gasteiger partial charge in [-0.15, -0.1) is 0 Å². The molecule has 0 aliphatic rings. The van der Waals surface area contributed by atoms with Gasteiger partial charge in [-0.2, -0.15) is 9.49 Å². The molecule has 4 aromatic rings. The van der Waals surface area contributed by atoms with Crippen molar-refractivity contribution in [3.63, 3.8) is 0 Å². The van der Waals surface area contributed by atoms with Gasteiger partial charge in [0.15, 0.2) is 8.32 Å². The average Bonchev–Trinajstić information content (AvgIpc) is 3.35. The van der Waals surface area contributed by atoms with Crippen molar-refractivity contribution < 1.29 is 13.6 Å². The van der Waals surface area contributed by atoms with E-state index in [-0.39, 0.29) is 16.8 Å². The molecule has 3 N–H and O–H groups in total. The summed E-state index contributed by atoms with van der Waals surface area (Å²) in [5, 5.41) is 7.88. The number of halogens is 2. The van der Waals surface area contributed by atoms with Crippen molar-refractivity contribution >= 4 is 43.4 Å². The lowest BCUT2D eigenvalue weighted by atomic mass is 9.96. The van der Waals surface area contributed by atoms with E-state index >= 15 is 0 Å². The van der Waals surface area contributed by atoms with Gasteiger partial charge in [-0.1, -0.05) is 44.5 Å². The third kappa shape index (κ3) is 8.82. The van der Waals surface area contributed by atoms with Gasteiger partial charge in [0.1, 0.15) is 11.6 Å². The molecule has 3 aromatic heterocycles. The van der Waals surface area contributed by atoms with Crippen molar-refractivity contribution in [3.05, 3.63) is 77.5 Å². The highest BCUT2D eigenvalue weighted by atomic mass is 35.5. The number of carbonyl (C=O) groups is 1. The molecule has 0 spiro atoms. The van der Waals surface area contributed by atoms with Crippen molar-refractivity contribution in [1.29, 1.82) is 0 Å². The summed E-state index contributed by atoms with van der Waals surface area (Å²) in [6.07, 6.45) is 4.22. The second-order valence-corrected chi connectivity index (χ2v) is 17.1. The van der Waals surface area contributed by atoms with Gasteiger partial charge in [-0.25, -0.2) is 15.0 Å². The number of anilines is 3. The number of pyridine rings is 1. The summed E-state index contributed by atoms with van der Waals surface area (Å²) in [6, 6.07) is 13.7. The maximum absolute atomic E-state index is 14.6. The van der Waals surface area contributed by atoms with E-state index in [1.165, 1.54) is 6.07 Å². The molecule has 1 atom stereocenters. The lowest BCUT2D eigenvalue weighted by Gasteiger charge is -2.36. The van der Waals surface area contributed by atoms with E-state index in [1.54, 1.807) is 54.5 Å². The molecule has 13 heteroatoms. The second kappa shape index (κ2) is 13.6. The summed E-state index contributed by atoms with van der Waals surface area (Å²) < 4.78 is 22.6. The maximum Gasteiger partial charge on any atom is 0.241 e. The minimum absolute atomic E-state index is 0.0578. The van der Waals surface area contributed by atoms with Crippen LogP contribution >= 0.6 is 11.6 Å². The Morgan fingerprint density at radius 2 is 1.84 bits per heavy atom. The summed E-state index contributed by atoms with van der Waals surface area (Å²) >= 11 is 6.06. The molecule has 4 rings (SSSR count). The quantitative estimate of drug-likeness (QED) is 0.0926. The molecule has 0 saturated heterocycles. The number of hydrogen-bond donors (Lipinski definition) is 3. The van der Waals surface area contributed by atoms with Crippen LogP contribution in [0.2, 0.25) is 23.2 Å². The highest BCUT2D eigenvalue weighted by Crippen LogP contribution is 2.36. The number of carbonyl (C=O) groups excluding carboxylic acids is 1. The Balaban J connectivity index is 1.46. The zero-order chi connectivity index (χ0) is 31.2. The van der Waals surface area contributed by atoms with Gasteiger partial charge in [0.05, 0.1) is 11.9 Å². The number of aromatic nitrogens is 5. The first-order valence-electron chi connectivity index (χ1n) is 14.0. The molecule has 10 nitrogen and oxygen atoms in total. The van der Waals surface area contributed by atoms with Gasteiger partial charge < -0.3 is 9.74 Å². The Hall–Kier alpha value is -3.87. The second-order valence-electron chi connectivity index (χ2n) is 11.8. The Morgan fingerprint density at radius 1 is 1.09 bits per heavy atom. The molecule has 3 heterocycles. The SMILES string of the molecule is Cn1nccc1Nc1nccc(-c2cc(F)nc(NNC(=O)C(CCO[Si](C)(C)C(C)(C)C)Cc3ccc(Cl)cc3)c2)n1. The van der Waals surface area contributed by atoms with Crippen LogP contribution in [0.25, 0.3) is 11.3 Å². The van der Waals surface area contributed by atoms with E-state index in [9.17, 15) is 9.18 Å². The summed E-state index contributed by atoms with van der Waals surface area (Å²) in [4.78, 5) is 26.0. The number of benzene rings is 1. The van der Waals surface area contributed by atoms with Crippen LogP contribution in [0.3, 0.4) is 0 Å². The van der Waals surface area contributed by atoms with Gasteiger partial charge in [-0.3, -0.25) is 20.3 Å². The van der Waals surface area contributed by atoms with Crippen molar-refractivity contribution in [3.8, 4) is 11.3 Å². The highest BCUT2D eigenvalue weighted by Gasteiger charge is 2.37. The van der Waals surface area contributed by atoms with Crippen molar-refractivity contribution in [1.82, 2.24) is 30.2 Å². The molecule has 0 aliphatic heterocycles. The predicted molar refractivity (Wildman–Crippen MR) is 170 cm³/mol. The van der Waals surface area contributed by atoms with E-state index < -0.39 is 20.2 Å². The first-order chi connectivity index (χ1) is 20.3. The van der Waals surface area contributed by atoms with E-state index in [2.05, 4.69) is 70.1 Å². The van der Waals surface area contributed by atoms with Gasteiger partial charge >= 0.3 is 0 Å². The third-order valence-electron chi connectivity index (χ3n) is 7.62. The Bertz CT molecular complexity index is 1540. The molecule has 0 saturated carbocycles. The van der Waals surface area contributed by atoms with Crippen LogP contribution in [0.1, 0.15) is 32.8 Å². The van der Waals surface area contributed by atoms with E-state index in [4.69, 9.17) is 16.0 Å². The Labute approximate surface area is 257 Å². The molecule has 0 bridgehead atoms. The van der Waals surface area contributed by atoms with Gasteiger partial charge in [0.25, 0.3) is 0 Å². The smallest absolute Gasteiger partial charge is 0.241 e. The van der Waals surface area contributed by atoms with Crippen molar-refractivity contribution in [2.24, 2.45) is 13.0 Å². The fourth-order valence-corrected chi connectivity index (χ4v) is 5.22. The number of amides is 1. The number of hydrazine groups is 1. The number of aryl methyl sites for hydroxylation is 1. The van der Waals surface area contributed by atoms with Crippen LogP contribution in [0, 0.1) is 11.9 Å². The first-order valence-corrected chi connectivity index (χ1v) is 17.3. The summed E-state index contributed by atoms with van der Waals surface area (Å²) in [6.45, 7) is 11.4. The summed E-state index contributed by atoms with van der Waals surface area (Å²) in [5.74, 6) is -0.238. The van der Waals surface area contributed by atoms with Crippen LogP contribution in [0.15, 0.2) is 60.9 Å². The molecule has 0 fully saturated rings. The molecule has 43 heavy (non-hydrogen) atoms. The molecule has 1 aromatic carbocycles. The molecule has 228 valence electrons. The highest BCUT2D eigenvalue weighted by molar-refractivity contribution is 6.74. The van der Waals surface area contributed by atoms with Crippen LogP contribution in [-0.2, 0) is 22.7 Å². The number of nitrogens with zero attached hydrogens (tertiary/aromatic N) is 5. The number of nitrogens with one attached hydrogen (secondary N) is 3. The molecule has 1 unspecified atom stereocenters. The van der Waals surface area contributed by atoms with E-state index in [0.717, 1.165) is 5.56 Å². The minimum atomic E-state index is -1.98. The van der Waals surface area contributed by atoms with Crippen LogP contribution in [0.4, 0.5) is 22.0 Å². The van der Waals surface area contributed by atoms with Gasteiger partial charge in [0.2, 0.25) is 17.8 Å². The molecular weight excluding hydrogens is 587 g/mol. The summed E-state index contributed by atoms with van der Waals surface area (Å²) in [7, 11) is -0.193. The fraction of sp³-hybridized carbons (Fsp3) is 0.367. The number of hydrogen-bond acceptors (Lipinski definition) is 8. The zero-order valence-electron chi connectivity index (χ0n) is 25.3. The Morgan fingerprint density at radius 3 is 2.51 bits per heavy atom. The standard InChI is InChI=1S/C30H38ClFN8O2Si/c1-30(2,3)43(5,6)42-16-13-21(17-20-7-9-23(31)10-8-20)28(41)39-38-26-19-22(18-25(32)36-26)24-11-14-33-29(35-24)37-27-12-15-34-40(27)4/h7-12,14-15,18-19,21H,13,16-17H2,1-6H3,(H,36,38)(H,39,41)(H,33,35,37). The molecule has 0 aliphatic carbocycles.